The maximum absolute atomic E-state index is 12.9. The molecule has 5 rings (SSSR count). The Hall–Kier alpha value is -4.47. The van der Waals surface area contributed by atoms with Crippen LogP contribution in [0, 0.1) is 6.92 Å². The number of anilines is 2. The molecule has 43 heavy (non-hydrogen) atoms. The van der Waals surface area contributed by atoms with Gasteiger partial charge in [0.1, 0.15) is 23.7 Å². The molecular weight excluding hydrogens is 589 g/mol. The second-order valence-corrected chi connectivity index (χ2v) is 10.8. The van der Waals surface area contributed by atoms with E-state index in [-0.39, 0.29) is 30.0 Å². The zero-order valence-corrected chi connectivity index (χ0v) is 25.2. The zero-order valence-electron chi connectivity index (χ0n) is 23.6. The maximum Gasteiger partial charge on any atom is 0.246 e. The van der Waals surface area contributed by atoms with E-state index in [0.717, 1.165) is 23.0 Å². The van der Waals surface area contributed by atoms with Gasteiger partial charge >= 0.3 is 0 Å². The molecule has 2 aromatic heterocycles. The zero-order chi connectivity index (χ0) is 30.5. The lowest BCUT2D eigenvalue weighted by Crippen LogP contribution is -2.37. The number of aromatic nitrogens is 2. The van der Waals surface area contributed by atoms with Crippen molar-refractivity contribution >= 4 is 69.4 Å². The number of hydrogen-bond acceptors (Lipinski definition) is 6. The minimum absolute atomic E-state index is 0.0581. The number of nitrogens with zero attached hydrogens (tertiary/aromatic N) is 4. The first-order chi connectivity index (χ1) is 20.7. The molecule has 1 fully saturated rings. The number of pyridine rings is 2. The molecule has 220 valence electrons. The number of carbonyl (C=O) groups is 3. The molecule has 0 aliphatic carbocycles. The Morgan fingerprint density at radius 3 is 2.70 bits per heavy atom. The molecule has 1 saturated heterocycles. The summed E-state index contributed by atoms with van der Waals surface area (Å²) in [5.41, 5.74) is 3.23. The molecule has 3 heterocycles. The molecule has 9 nitrogen and oxygen atoms in total. The summed E-state index contributed by atoms with van der Waals surface area (Å²) in [4.78, 5) is 49.1. The van der Waals surface area contributed by atoms with Gasteiger partial charge in [-0.1, -0.05) is 41.4 Å². The number of hydrogen-bond donors (Lipinski definition) is 1. The second-order valence-electron chi connectivity index (χ2n) is 10.0. The van der Waals surface area contributed by atoms with Crippen LogP contribution in [0.5, 0.6) is 5.75 Å². The number of carbonyl (C=O) groups excluding carboxylic acids is 3. The third-order valence-corrected chi connectivity index (χ3v) is 7.83. The number of amides is 3. The molecule has 0 bridgehead atoms. The first-order valence-electron chi connectivity index (χ1n) is 13.7. The Balaban J connectivity index is 1.19. The summed E-state index contributed by atoms with van der Waals surface area (Å²) in [5.74, 6) is 0.410. The number of para-hydroxylation sites is 1. The van der Waals surface area contributed by atoms with Crippen molar-refractivity contribution in [1.82, 2.24) is 15.3 Å². The molecule has 1 aliphatic heterocycles. The Bertz CT molecular complexity index is 1730. The maximum atomic E-state index is 12.9. The molecular formula is C32H29Cl2N5O4. The van der Waals surface area contributed by atoms with E-state index in [1.54, 1.807) is 48.5 Å². The summed E-state index contributed by atoms with van der Waals surface area (Å²) >= 11 is 13.2. The molecule has 0 spiro atoms. The van der Waals surface area contributed by atoms with Crippen LogP contribution < -0.4 is 19.9 Å². The van der Waals surface area contributed by atoms with Crippen molar-refractivity contribution < 1.29 is 19.1 Å². The van der Waals surface area contributed by atoms with E-state index in [4.69, 9.17) is 27.9 Å². The quantitative estimate of drug-likeness (QED) is 0.240. The van der Waals surface area contributed by atoms with Gasteiger partial charge in [-0.15, -0.1) is 0 Å². The normalized spacial score (nSPS) is 13.1. The third-order valence-electron chi connectivity index (χ3n) is 7.06. The summed E-state index contributed by atoms with van der Waals surface area (Å²) in [7, 11) is 1.57. The van der Waals surface area contributed by atoms with Crippen molar-refractivity contribution in [1.29, 1.82) is 0 Å². The SMILES string of the molecule is Cc1ccc2cccc(OCc3c(Cl)ccc(N(C)C(=O)CNC(=O)/C=C/c4ccc(N5CCCC5=O)nc4)c3Cl)c2n1. The molecule has 1 aliphatic rings. The number of nitrogens with one attached hydrogen (secondary N) is 1. The van der Waals surface area contributed by atoms with Crippen LogP contribution in [-0.2, 0) is 21.0 Å². The van der Waals surface area contributed by atoms with Crippen molar-refractivity contribution in [2.75, 3.05) is 29.9 Å². The summed E-state index contributed by atoms with van der Waals surface area (Å²) < 4.78 is 6.08. The van der Waals surface area contributed by atoms with E-state index in [1.165, 1.54) is 11.0 Å². The van der Waals surface area contributed by atoms with Crippen LogP contribution in [0.3, 0.4) is 0 Å². The van der Waals surface area contributed by atoms with E-state index in [9.17, 15) is 14.4 Å². The third kappa shape index (κ3) is 6.96. The van der Waals surface area contributed by atoms with Crippen LogP contribution in [0.4, 0.5) is 11.5 Å². The highest BCUT2D eigenvalue weighted by Gasteiger charge is 2.22. The van der Waals surface area contributed by atoms with E-state index >= 15 is 0 Å². The van der Waals surface area contributed by atoms with Crippen LogP contribution in [-0.4, -0.2) is 47.8 Å². The van der Waals surface area contributed by atoms with Gasteiger partial charge in [-0.05, 0) is 61.4 Å². The average molecular weight is 619 g/mol. The largest absolute Gasteiger partial charge is 0.487 e. The van der Waals surface area contributed by atoms with Crippen molar-refractivity contribution in [3.05, 3.63) is 93.7 Å². The van der Waals surface area contributed by atoms with Crippen molar-refractivity contribution in [2.24, 2.45) is 0 Å². The van der Waals surface area contributed by atoms with Crippen molar-refractivity contribution in [3.8, 4) is 5.75 Å². The number of benzene rings is 2. The summed E-state index contributed by atoms with van der Waals surface area (Å²) in [6.07, 6.45) is 5.84. The summed E-state index contributed by atoms with van der Waals surface area (Å²) in [5, 5.41) is 4.20. The molecule has 2 aromatic carbocycles. The molecule has 1 N–H and O–H groups in total. The molecule has 0 atom stereocenters. The Labute approximate surface area is 259 Å². The van der Waals surface area contributed by atoms with Crippen molar-refractivity contribution in [3.63, 3.8) is 0 Å². The standard InChI is InChI=1S/C32H29Cl2N5O4/c1-20-8-11-22-5-3-6-26(32(22)37-20)43-19-23-24(33)12-13-25(31(23)34)38(2)30(42)18-36-28(40)15-10-21-9-14-27(35-17-21)39-16-4-7-29(39)41/h3,5-6,8-15,17H,4,7,16,18-19H2,1-2H3,(H,36,40)/b15-10+. The number of halogens is 2. The molecule has 4 aromatic rings. The van der Waals surface area contributed by atoms with Crippen LogP contribution in [0.15, 0.2) is 66.9 Å². The first kappa shape index (κ1) is 30.0. The van der Waals surface area contributed by atoms with Gasteiger partial charge < -0.3 is 15.0 Å². The fourth-order valence-electron chi connectivity index (χ4n) is 4.65. The predicted octanol–water partition coefficient (Wildman–Crippen LogP) is 5.74. The van der Waals surface area contributed by atoms with Gasteiger partial charge in [0, 0.05) is 54.0 Å². The lowest BCUT2D eigenvalue weighted by atomic mass is 10.1. The van der Waals surface area contributed by atoms with Gasteiger partial charge in [0.2, 0.25) is 17.7 Å². The highest BCUT2D eigenvalue weighted by molar-refractivity contribution is 6.38. The monoisotopic (exact) mass is 617 g/mol. The molecule has 0 radical (unpaired) electrons. The van der Waals surface area contributed by atoms with Crippen LogP contribution in [0.25, 0.3) is 17.0 Å². The van der Waals surface area contributed by atoms with E-state index in [1.807, 2.05) is 37.3 Å². The van der Waals surface area contributed by atoms with Crippen LogP contribution in [0.2, 0.25) is 10.0 Å². The Morgan fingerprint density at radius 2 is 1.95 bits per heavy atom. The molecule has 11 heteroatoms. The van der Waals surface area contributed by atoms with Crippen molar-refractivity contribution in [2.45, 2.75) is 26.4 Å². The van der Waals surface area contributed by atoms with Gasteiger partial charge in [-0.3, -0.25) is 19.3 Å². The lowest BCUT2D eigenvalue weighted by Gasteiger charge is -2.21. The molecule has 0 saturated carbocycles. The van der Waals surface area contributed by atoms with E-state index < -0.39 is 5.91 Å². The fourth-order valence-corrected chi connectivity index (χ4v) is 5.26. The average Bonchev–Trinajstić information content (AvgIpc) is 3.44. The van der Waals surface area contributed by atoms with E-state index in [2.05, 4.69) is 15.3 Å². The summed E-state index contributed by atoms with van der Waals surface area (Å²) in [6.45, 7) is 2.38. The number of rotatable bonds is 9. The number of aryl methyl sites for hydroxylation is 1. The van der Waals surface area contributed by atoms with Gasteiger partial charge in [0.25, 0.3) is 0 Å². The Kier molecular flexibility index (Phi) is 9.23. The van der Waals surface area contributed by atoms with Crippen LogP contribution >= 0.6 is 23.2 Å². The van der Waals surface area contributed by atoms with Crippen LogP contribution in [0.1, 0.15) is 29.7 Å². The topological polar surface area (TPSA) is 105 Å². The number of ether oxygens (including phenoxy) is 1. The number of likely N-dealkylation sites (N-methyl/N-ethyl adjacent to an activating group) is 1. The van der Waals surface area contributed by atoms with Gasteiger partial charge in [-0.25, -0.2) is 9.97 Å². The van der Waals surface area contributed by atoms with Gasteiger partial charge in [0.15, 0.2) is 0 Å². The van der Waals surface area contributed by atoms with Gasteiger partial charge in [0.05, 0.1) is 17.3 Å². The predicted molar refractivity (Wildman–Crippen MR) is 169 cm³/mol. The molecule has 0 unspecified atom stereocenters. The summed E-state index contributed by atoms with van der Waals surface area (Å²) in [6, 6.07) is 16.4. The molecule has 3 amide bonds. The first-order valence-corrected chi connectivity index (χ1v) is 14.4. The van der Waals surface area contributed by atoms with E-state index in [0.29, 0.717) is 46.4 Å². The Morgan fingerprint density at radius 1 is 1.12 bits per heavy atom. The number of fused-ring (bicyclic) bond motifs is 1. The highest BCUT2D eigenvalue weighted by Crippen LogP contribution is 2.35. The smallest absolute Gasteiger partial charge is 0.246 e. The minimum Gasteiger partial charge on any atom is -0.487 e. The fraction of sp³-hybridized carbons (Fsp3) is 0.219. The highest BCUT2D eigenvalue weighted by atomic mass is 35.5. The lowest BCUT2D eigenvalue weighted by molar-refractivity contribution is -0.122. The van der Waals surface area contributed by atoms with Gasteiger partial charge in [-0.2, -0.15) is 0 Å². The second kappa shape index (κ2) is 13.2. The minimum atomic E-state index is -0.448.